The van der Waals surface area contributed by atoms with Crippen LogP contribution < -0.4 is 5.32 Å². The molecule has 2 heterocycles. The van der Waals surface area contributed by atoms with E-state index in [4.69, 9.17) is 0 Å². The summed E-state index contributed by atoms with van der Waals surface area (Å²) in [5, 5.41) is 2.28. The number of amides is 3. The minimum atomic E-state index is -0.233. The lowest BCUT2D eigenvalue weighted by molar-refractivity contribution is -0.118. The monoisotopic (exact) mass is 232 g/mol. The van der Waals surface area contributed by atoms with E-state index in [1.54, 1.807) is 4.90 Å². The number of thioether (sulfide) groups is 2. The zero-order chi connectivity index (χ0) is 9.97. The molecule has 2 aliphatic heterocycles. The number of hydrogen-bond acceptors (Lipinski definition) is 4. The molecular formula is C8H12N2O2S2. The second-order valence-electron chi connectivity index (χ2n) is 3.23. The summed E-state index contributed by atoms with van der Waals surface area (Å²) in [5.41, 5.74) is 0. The van der Waals surface area contributed by atoms with Crippen molar-refractivity contribution < 1.29 is 9.59 Å². The van der Waals surface area contributed by atoms with Crippen molar-refractivity contribution in [2.75, 3.05) is 24.6 Å². The molecule has 0 aliphatic carbocycles. The molecule has 0 radical (unpaired) electrons. The lowest BCUT2D eigenvalue weighted by Gasteiger charge is -2.15. The van der Waals surface area contributed by atoms with E-state index in [2.05, 4.69) is 5.32 Å². The van der Waals surface area contributed by atoms with Gasteiger partial charge in [-0.2, -0.15) is 0 Å². The average Bonchev–Trinajstić information content (AvgIpc) is 2.72. The summed E-state index contributed by atoms with van der Waals surface area (Å²) in [6.07, 6.45) is 0.982. The molecule has 0 atom stereocenters. The van der Waals surface area contributed by atoms with Crippen molar-refractivity contribution in [2.24, 2.45) is 0 Å². The van der Waals surface area contributed by atoms with E-state index in [1.165, 1.54) is 11.5 Å². The van der Waals surface area contributed by atoms with Gasteiger partial charge < -0.3 is 4.90 Å². The van der Waals surface area contributed by atoms with E-state index in [9.17, 15) is 9.59 Å². The van der Waals surface area contributed by atoms with Gasteiger partial charge in [0.2, 0.25) is 5.91 Å². The SMILES string of the molecule is O=C1CN(CCC2SCCS2)C(=O)N1. The van der Waals surface area contributed by atoms with Gasteiger partial charge in [0.25, 0.3) is 0 Å². The van der Waals surface area contributed by atoms with Crippen molar-refractivity contribution in [3.05, 3.63) is 0 Å². The van der Waals surface area contributed by atoms with E-state index in [0.29, 0.717) is 11.1 Å². The standard InChI is InChI=1S/C8H12N2O2S2/c11-6-5-10(8(12)9-6)2-1-7-13-3-4-14-7/h7H,1-5H2,(H,9,11,12). The van der Waals surface area contributed by atoms with Crippen LogP contribution in [0.2, 0.25) is 0 Å². The highest BCUT2D eigenvalue weighted by molar-refractivity contribution is 8.20. The molecular weight excluding hydrogens is 220 g/mol. The number of urea groups is 1. The number of carbonyl (C=O) groups is 2. The van der Waals surface area contributed by atoms with Crippen molar-refractivity contribution in [1.29, 1.82) is 0 Å². The van der Waals surface area contributed by atoms with Crippen LogP contribution in [0.3, 0.4) is 0 Å². The van der Waals surface area contributed by atoms with Crippen LogP contribution in [0.5, 0.6) is 0 Å². The number of hydrogen-bond donors (Lipinski definition) is 1. The normalized spacial score (nSPS) is 23.3. The summed E-state index contributed by atoms with van der Waals surface area (Å²) in [4.78, 5) is 23.6. The van der Waals surface area contributed by atoms with Gasteiger partial charge in [0.1, 0.15) is 6.54 Å². The van der Waals surface area contributed by atoms with E-state index in [0.717, 1.165) is 6.42 Å². The Morgan fingerprint density at radius 2 is 2.07 bits per heavy atom. The summed E-state index contributed by atoms with van der Waals surface area (Å²) in [6.45, 7) is 0.934. The van der Waals surface area contributed by atoms with Crippen molar-refractivity contribution in [3.63, 3.8) is 0 Å². The Kier molecular flexibility index (Phi) is 3.22. The number of carbonyl (C=O) groups excluding carboxylic acids is 2. The number of imide groups is 1. The molecule has 0 aromatic carbocycles. The van der Waals surface area contributed by atoms with E-state index in [1.807, 2.05) is 23.5 Å². The summed E-state index contributed by atoms with van der Waals surface area (Å²) < 4.78 is 0.610. The molecule has 3 amide bonds. The Labute approximate surface area is 91.2 Å². The van der Waals surface area contributed by atoms with Gasteiger partial charge in [-0.3, -0.25) is 10.1 Å². The maximum absolute atomic E-state index is 11.2. The van der Waals surface area contributed by atoms with Gasteiger partial charge >= 0.3 is 6.03 Å². The van der Waals surface area contributed by atoms with Gasteiger partial charge in [-0.05, 0) is 6.42 Å². The molecule has 2 rings (SSSR count). The van der Waals surface area contributed by atoms with E-state index < -0.39 is 0 Å². The highest BCUT2D eigenvalue weighted by atomic mass is 32.2. The lowest BCUT2D eigenvalue weighted by atomic mass is 10.4. The Bertz CT molecular complexity index is 254. The predicted octanol–water partition coefficient (Wildman–Crippen LogP) is 0.734. The molecule has 14 heavy (non-hydrogen) atoms. The van der Waals surface area contributed by atoms with Gasteiger partial charge in [0.15, 0.2) is 0 Å². The lowest BCUT2D eigenvalue weighted by Crippen LogP contribution is -2.30. The fourth-order valence-corrected chi connectivity index (χ4v) is 4.30. The summed E-state index contributed by atoms with van der Waals surface area (Å²) in [7, 11) is 0. The molecule has 2 aliphatic rings. The van der Waals surface area contributed by atoms with Crippen LogP contribution >= 0.6 is 23.5 Å². The van der Waals surface area contributed by atoms with Crippen molar-refractivity contribution in [3.8, 4) is 0 Å². The molecule has 2 saturated heterocycles. The Morgan fingerprint density at radius 1 is 1.36 bits per heavy atom. The van der Waals surface area contributed by atoms with Crippen LogP contribution in [0.25, 0.3) is 0 Å². The van der Waals surface area contributed by atoms with Gasteiger partial charge in [-0.15, -0.1) is 23.5 Å². The highest BCUT2D eigenvalue weighted by Crippen LogP contribution is 2.34. The van der Waals surface area contributed by atoms with Crippen LogP contribution in [0.1, 0.15) is 6.42 Å². The Morgan fingerprint density at radius 3 is 2.64 bits per heavy atom. The third-order valence-corrected chi connectivity index (χ3v) is 5.36. The molecule has 2 fully saturated rings. The first-order valence-electron chi connectivity index (χ1n) is 4.57. The van der Waals surface area contributed by atoms with E-state index in [-0.39, 0.29) is 18.5 Å². The van der Waals surface area contributed by atoms with Crippen LogP contribution in [0.15, 0.2) is 0 Å². The van der Waals surface area contributed by atoms with Crippen molar-refractivity contribution in [1.82, 2.24) is 10.2 Å². The quantitative estimate of drug-likeness (QED) is 0.729. The topological polar surface area (TPSA) is 49.4 Å². The second-order valence-corrected chi connectivity index (χ2v) is 6.15. The fourth-order valence-electron chi connectivity index (χ4n) is 1.50. The number of nitrogens with one attached hydrogen (secondary N) is 1. The molecule has 1 N–H and O–H groups in total. The molecule has 0 unspecified atom stereocenters. The highest BCUT2D eigenvalue weighted by Gasteiger charge is 2.27. The van der Waals surface area contributed by atoms with Gasteiger partial charge in [0, 0.05) is 18.1 Å². The fraction of sp³-hybridized carbons (Fsp3) is 0.750. The van der Waals surface area contributed by atoms with Gasteiger partial charge in [0.05, 0.1) is 4.58 Å². The molecule has 0 bridgehead atoms. The summed E-state index contributed by atoms with van der Waals surface area (Å²) in [5.74, 6) is 2.24. The first kappa shape index (κ1) is 10.2. The largest absolute Gasteiger partial charge is 0.324 e. The molecule has 0 spiro atoms. The van der Waals surface area contributed by atoms with Gasteiger partial charge in [-0.25, -0.2) is 4.79 Å². The molecule has 0 aromatic heterocycles. The maximum atomic E-state index is 11.2. The third-order valence-electron chi connectivity index (χ3n) is 2.19. The van der Waals surface area contributed by atoms with Crippen molar-refractivity contribution >= 4 is 35.5 Å². The Balaban J connectivity index is 1.74. The minimum absolute atomic E-state index is 0.179. The maximum Gasteiger partial charge on any atom is 0.324 e. The first-order valence-corrected chi connectivity index (χ1v) is 6.67. The predicted molar refractivity (Wildman–Crippen MR) is 58.4 cm³/mol. The second kappa shape index (κ2) is 4.44. The van der Waals surface area contributed by atoms with Crippen LogP contribution in [0.4, 0.5) is 4.79 Å². The minimum Gasteiger partial charge on any atom is -0.315 e. The molecule has 0 aromatic rings. The van der Waals surface area contributed by atoms with Crippen LogP contribution in [-0.4, -0.2) is 46.0 Å². The smallest absolute Gasteiger partial charge is 0.315 e. The van der Waals surface area contributed by atoms with Crippen LogP contribution in [-0.2, 0) is 4.79 Å². The zero-order valence-corrected chi connectivity index (χ0v) is 9.33. The molecule has 6 heteroatoms. The third kappa shape index (κ3) is 2.36. The molecule has 4 nitrogen and oxygen atoms in total. The average molecular weight is 232 g/mol. The van der Waals surface area contributed by atoms with Crippen molar-refractivity contribution in [2.45, 2.75) is 11.0 Å². The first-order chi connectivity index (χ1) is 6.75. The zero-order valence-electron chi connectivity index (χ0n) is 7.69. The number of nitrogens with zero attached hydrogens (tertiary/aromatic N) is 1. The van der Waals surface area contributed by atoms with Gasteiger partial charge in [-0.1, -0.05) is 0 Å². The summed E-state index contributed by atoms with van der Waals surface area (Å²) >= 11 is 3.89. The summed E-state index contributed by atoms with van der Waals surface area (Å²) in [6, 6.07) is -0.233. The molecule has 78 valence electrons. The van der Waals surface area contributed by atoms with Crippen LogP contribution in [0, 0.1) is 0 Å². The van der Waals surface area contributed by atoms with E-state index >= 15 is 0 Å². The molecule has 0 saturated carbocycles. The number of rotatable bonds is 3. The Hall–Kier alpha value is -0.360.